The standard InChI is InChI=1S/C18H25BrN4O2/c1-18(2,3)23-17(24)25-9-5-4-8-21-16-14(20)10-12-6-7-13(19)11-15(12)22-16/h6-7,10-11H,4-5,8-9,20H2,1-3H3,(H,21,22)(H,23,24). The predicted molar refractivity (Wildman–Crippen MR) is 106 cm³/mol. The molecule has 2 rings (SSSR count). The van der Waals surface area contributed by atoms with Gasteiger partial charge in [-0.15, -0.1) is 0 Å². The van der Waals surface area contributed by atoms with Crippen LogP contribution >= 0.6 is 15.9 Å². The number of alkyl carbamates (subject to hydrolysis) is 1. The molecule has 0 atom stereocenters. The van der Waals surface area contributed by atoms with Crippen molar-refractivity contribution in [3.05, 3.63) is 28.7 Å². The van der Waals surface area contributed by atoms with E-state index in [1.807, 2.05) is 45.0 Å². The molecule has 0 fully saturated rings. The molecular weight excluding hydrogens is 384 g/mol. The van der Waals surface area contributed by atoms with Crippen molar-refractivity contribution in [1.82, 2.24) is 10.3 Å². The molecule has 25 heavy (non-hydrogen) atoms. The fourth-order valence-corrected chi connectivity index (χ4v) is 2.59. The van der Waals surface area contributed by atoms with E-state index in [2.05, 4.69) is 31.5 Å². The average Bonchev–Trinajstić information content (AvgIpc) is 2.49. The van der Waals surface area contributed by atoms with E-state index in [4.69, 9.17) is 10.5 Å². The molecule has 4 N–H and O–H groups in total. The Hall–Kier alpha value is -2.02. The topological polar surface area (TPSA) is 89.3 Å². The van der Waals surface area contributed by atoms with Crippen molar-refractivity contribution < 1.29 is 9.53 Å². The number of pyridine rings is 1. The highest BCUT2D eigenvalue weighted by Gasteiger charge is 2.14. The molecule has 0 bridgehead atoms. The second kappa shape index (κ2) is 8.38. The molecule has 0 radical (unpaired) electrons. The van der Waals surface area contributed by atoms with E-state index in [1.165, 1.54) is 0 Å². The number of amides is 1. The minimum atomic E-state index is -0.383. The summed E-state index contributed by atoms with van der Waals surface area (Å²) in [7, 11) is 0. The van der Waals surface area contributed by atoms with Crippen LogP contribution in [0.15, 0.2) is 28.7 Å². The van der Waals surface area contributed by atoms with Crippen LogP contribution in [0.2, 0.25) is 0 Å². The van der Waals surface area contributed by atoms with Gasteiger partial charge in [0.15, 0.2) is 0 Å². The number of halogens is 1. The minimum Gasteiger partial charge on any atom is -0.450 e. The zero-order valence-electron chi connectivity index (χ0n) is 14.9. The Bertz CT molecular complexity index is 744. The number of benzene rings is 1. The van der Waals surface area contributed by atoms with Crippen LogP contribution in [0.5, 0.6) is 0 Å². The first-order chi connectivity index (χ1) is 11.7. The minimum absolute atomic E-state index is 0.285. The van der Waals surface area contributed by atoms with Crippen LogP contribution in [0.25, 0.3) is 10.9 Å². The van der Waals surface area contributed by atoms with Crippen molar-refractivity contribution in [2.24, 2.45) is 0 Å². The van der Waals surface area contributed by atoms with Crippen molar-refractivity contribution >= 4 is 44.4 Å². The molecule has 136 valence electrons. The average molecular weight is 409 g/mol. The molecule has 7 heteroatoms. The first kappa shape index (κ1) is 19.3. The number of hydrogen-bond donors (Lipinski definition) is 3. The molecule has 0 aliphatic heterocycles. The maximum absolute atomic E-state index is 11.5. The second-order valence-electron chi connectivity index (χ2n) is 6.91. The first-order valence-corrected chi connectivity index (χ1v) is 9.08. The van der Waals surface area contributed by atoms with Crippen LogP contribution in [0.4, 0.5) is 16.3 Å². The zero-order valence-corrected chi connectivity index (χ0v) is 16.4. The summed E-state index contributed by atoms with van der Waals surface area (Å²) < 4.78 is 6.12. The van der Waals surface area contributed by atoms with Crippen molar-refractivity contribution in [3.8, 4) is 0 Å². The van der Waals surface area contributed by atoms with Gasteiger partial charge >= 0.3 is 6.09 Å². The molecule has 0 aliphatic rings. The molecule has 0 saturated heterocycles. The molecular formula is C18H25BrN4O2. The molecule has 1 heterocycles. The molecule has 2 aromatic rings. The number of rotatable bonds is 6. The Kier molecular flexibility index (Phi) is 6.47. The van der Waals surface area contributed by atoms with Gasteiger partial charge in [0.05, 0.1) is 17.8 Å². The monoisotopic (exact) mass is 408 g/mol. The number of carbonyl (C=O) groups is 1. The Morgan fingerprint density at radius 1 is 1.28 bits per heavy atom. The fraction of sp³-hybridized carbons (Fsp3) is 0.444. The zero-order chi connectivity index (χ0) is 18.4. The predicted octanol–water partition coefficient (Wildman–Crippen LogP) is 4.30. The Balaban J connectivity index is 1.76. The number of hydrogen-bond acceptors (Lipinski definition) is 5. The largest absolute Gasteiger partial charge is 0.450 e. The summed E-state index contributed by atoms with van der Waals surface area (Å²) in [5.74, 6) is 0.678. The van der Waals surface area contributed by atoms with E-state index in [9.17, 15) is 4.79 Å². The van der Waals surface area contributed by atoms with Gasteiger partial charge in [0.1, 0.15) is 5.82 Å². The van der Waals surface area contributed by atoms with Gasteiger partial charge in [-0.1, -0.05) is 22.0 Å². The van der Waals surface area contributed by atoms with Gasteiger partial charge in [-0.2, -0.15) is 0 Å². The van der Waals surface area contributed by atoms with Crippen LogP contribution in [0.3, 0.4) is 0 Å². The van der Waals surface area contributed by atoms with Gasteiger partial charge in [-0.3, -0.25) is 0 Å². The lowest BCUT2D eigenvalue weighted by Gasteiger charge is -2.19. The van der Waals surface area contributed by atoms with Gasteiger partial charge < -0.3 is 21.1 Å². The SMILES string of the molecule is CC(C)(C)NC(=O)OCCCCNc1nc2cc(Br)ccc2cc1N. The molecule has 0 saturated carbocycles. The maximum Gasteiger partial charge on any atom is 0.407 e. The number of carbonyl (C=O) groups excluding carboxylic acids is 1. The Morgan fingerprint density at radius 2 is 2.04 bits per heavy atom. The molecule has 6 nitrogen and oxygen atoms in total. The fourth-order valence-electron chi connectivity index (χ4n) is 2.24. The van der Waals surface area contributed by atoms with Crippen LogP contribution in [-0.2, 0) is 4.74 Å². The summed E-state index contributed by atoms with van der Waals surface area (Å²) >= 11 is 3.45. The summed E-state index contributed by atoms with van der Waals surface area (Å²) in [6, 6.07) is 7.82. The lowest BCUT2D eigenvalue weighted by Crippen LogP contribution is -2.41. The number of nitrogens with zero attached hydrogens (tertiary/aromatic N) is 1. The van der Waals surface area contributed by atoms with Gasteiger partial charge in [0.2, 0.25) is 0 Å². The van der Waals surface area contributed by atoms with E-state index in [1.54, 1.807) is 0 Å². The third-order valence-corrected chi connectivity index (χ3v) is 3.88. The summed E-state index contributed by atoms with van der Waals surface area (Å²) in [4.78, 5) is 16.1. The van der Waals surface area contributed by atoms with Crippen molar-refractivity contribution in [3.63, 3.8) is 0 Å². The van der Waals surface area contributed by atoms with Gasteiger partial charge in [0.25, 0.3) is 0 Å². The van der Waals surface area contributed by atoms with Crippen LogP contribution in [0.1, 0.15) is 33.6 Å². The van der Waals surface area contributed by atoms with E-state index in [-0.39, 0.29) is 11.6 Å². The number of nitrogens with two attached hydrogens (primary N) is 1. The lowest BCUT2D eigenvalue weighted by atomic mass is 10.1. The normalized spacial score (nSPS) is 11.4. The smallest absolute Gasteiger partial charge is 0.407 e. The molecule has 1 aromatic carbocycles. The van der Waals surface area contributed by atoms with E-state index < -0.39 is 0 Å². The van der Waals surface area contributed by atoms with E-state index in [0.717, 1.165) is 28.2 Å². The van der Waals surface area contributed by atoms with Gasteiger partial charge in [-0.25, -0.2) is 9.78 Å². The van der Waals surface area contributed by atoms with Crippen molar-refractivity contribution in [2.75, 3.05) is 24.2 Å². The number of anilines is 2. The van der Waals surface area contributed by atoms with Crippen LogP contribution < -0.4 is 16.4 Å². The molecule has 0 aliphatic carbocycles. The highest BCUT2D eigenvalue weighted by Crippen LogP contribution is 2.24. The van der Waals surface area contributed by atoms with Crippen molar-refractivity contribution in [1.29, 1.82) is 0 Å². The quantitative estimate of drug-likeness (QED) is 0.620. The highest BCUT2D eigenvalue weighted by molar-refractivity contribution is 9.10. The molecule has 0 spiro atoms. The summed E-state index contributed by atoms with van der Waals surface area (Å²) in [6.07, 6.45) is 1.23. The summed E-state index contributed by atoms with van der Waals surface area (Å²) in [5.41, 5.74) is 7.27. The number of ether oxygens (including phenoxy) is 1. The molecule has 1 aromatic heterocycles. The number of nitrogen functional groups attached to an aromatic ring is 1. The highest BCUT2D eigenvalue weighted by atomic mass is 79.9. The lowest BCUT2D eigenvalue weighted by molar-refractivity contribution is 0.136. The van der Waals surface area contributed by atoms with Crippen molar-refractivity contribution in [2.45, 2.75) is 39.2 Å². The molecule has 0 unspecified atom stereocenters. The Morgan fingerprint density at radius 3 is 2.76 bits per heavy atom. The maximum atomic E-state index is 11.5. The summed E-state index contributed by atoms with van der Waals surface area (Å²) in [5, 5.41) is 7.01. The van der Waals surface area contributed by atoms with Gasteiger partial charge in [-0.05, 0) is 51.8 Å². The number of fused-ring (bicyclic) bond motifs is 1. The first-order valence-electron chi connectivity index (χ1n) is 8.29. The second-order valence-corrected chi connectivity index (χ2v) is 7.82. The number of nitrogens with one attached hydrogen (secondary N) is 2. The third kappa shape index (κ3) is 6.42. The van der Waals surface area contributed by atoms with E-state index in [0.29, 0.717) is 24.7 Å². The van der Waals surface area contributed by atoms with Crippen LogP contribution in [0, 0.1) is 0 Å². The number of unbranched alkanes of at least 4 members (excludes halogenated alkanes) is 1. The van der Waals surface area contributed by atoms with Gasteiger partial charge in [0, 0.05) is 21.9 Å². The summed E-state index contributed by atoms with van der Waals surface area (Å²) in [6.45, 7) is 6.84. The third-order valence-electron chi connectivity index (χ3n) is 3.38. The Labute approximate surface area is 156 Å². The van der Waals surface area contributed by atoms with E-state index >= 15 is 0 Å². The number of aromatic nitrogens is 1. The van der Waals surface area contributed by atoms with Crippen LogP contribution in [-0.4, -0.2) is 29.8 Å². The molecule has 1 amide bonds.